The monoisotopic (exact) mass is 436 g/mol. The van der Waals surface area contributed by atoms with Crippen molar-refractivity contribution in [3.63, 3.8) is 0 Å². The number of carbonyl (C=O) groups is 1. The lowest BCUT2D eigenvalue weighted by molar-refractivity contribution is -0.121. The fourth-order valence-electron chi connectivity index (χ4n) is 3.17. The molecule has 162 valence electrons. The molecule has 2 aromatic rings. The van der Waals surface area contributed by atoms with Crippen molar-refractivity contribution in [2.75, 3.05) is 30.4 Å². The molecular formula is C21H25FN2O5S. The first-order chi connectivity index (χ1) is 14.3. The third-order valence-electron chi connectivity index (χ3n) is 4.69. The molecule has 9 heteroatoms. The summed E-state index contributed by atoms with van der Waals surface area (Å²) in [4.78, 5) is 12.1. The Morgan fingerprint density at radius 1 is 1.10 bits per heavy atom. The molecule has 1 amide bonds. The Morgan fingerprint density at radius 2 is 1.83 bits per heavy atom. The van der Waals surface area contributed by atoms with Gasteiger partial charge in [0.25, 0.3) is 0 Å². The van der Waals surface area contributed by atoms with Crippen LogP contribution < -0.4 is 19.1 Å². The lowest BCUT2D eigenvalue weighted by atomic mass is 10.1. The third-order valence-corrected chi connectivity index (χ3v) is 5.88. The molecule has 1 heterocycles. The number of ether oxygens (including phenoxy) is 2. The largest absolute Gasteiger partial charge is 0.454 e. The van der Waals surface area contributed by atoms with Crippen LogP contribution in [0.1, 0.15) is 24.8 Å². The zero-order chi connectivity index (χ0) is 21.6. The lowest BCUT2D eigenvalue weighted by Gasteiger charge is -2.22. The molecular weight excluding hydrogens is 411 g/mol. The second-order valence-corrected chi connectivity index (χ2v) is 8.96. The fourth-order valence-corrected chi connectivity index (χ4v) is 4.13. The van der Waals surface area contributed by atoms with Crippen LogP contribution >= 0.6 is 0 Å². The Morgan fingerprint density at radius 3 is 2.57 bits per heavy atom. The van der Waals surface area contributed by atoms with Crippen LogP contribution in [0.25, 0.3) is 0 Å². The van der Waals surface area contributed by atoms with Crippen molar-refractivity contribution in [2.24, 2.45) is 0 Å². The van der Waals surface area contributed by atoms with E-state index in [0.29, 0.717) is 30.2 Å². The van der Waals surface area contributed by atoms with Gasteiger partial charge in [0, 0.05) is 25.6 Å². The van der Waals surface area contributed by atoms with E-state index in [1.165, 1.54) is 16.4 Å². The number of rotatable bonds is 10. The van der Waals surface area contributed by atoms with Crippen molar-refractivity contribution in [1.82, 2.24) is 5.32 Å². The van der Waals surface area contributed by atoms with Crippen molar-refractivity contribution >= 4 is 21.6 Å². The number of fused-ring (bicyclic) bond motifs is 1. The van der Waals surface area contributed by atoms with Crippen LogP contribution in [0.3, 0.4) is 0 Å². The quantitative estimate of drug-likeness (QED) is 0.579. The predicted molar refractivity (Wildman–Crippen MR) is 112 cm³/mol. The van der Waals surface area contributed by atoms with Crippen molar-refractivity contribution in [2.45, 2.75) is 25.7 Å². The van der Waals surface area contributed by atoms with Crippen molar-refractivity contribution in [3.8, 4) is 11.5 Å². The van der Waals surface area contributed by atoms with E-state index in [0.717, 1.165) is 24.7 Å². The number of nitrogens with zero attached hydrogens (tertiary/aromatic N) is 1. The van der Waals surface area contributed by atoms with Gasteiger partial charge in [-0.1, -0.05) is 12.1 Å². The molecule has 1 aliphatic heterocycles. The van der Waals surface area contributed by atoms with Crippen LogP contribution in [0.2, 0.25) is 0 Å². The minimum atomic E-state index is -3.51. The van der Waals surface area contributed by atoms with E-state index < -0.39 is 10.0 Å². The standard InChI is InChI=1S/C21H25FN2O5S/c1-30(26,27)24(18-10-11-19-20(14-18)29-15-28-19)13-3-5-21(25)23-12-2-4-16-6-8-17(22)9-7-16/h6-11,14H,2-5,12-13,15H2,1H3,(H,23,25). The number of halogens is 1. The summed E-state index contributed by atoms with van der Waals surface area (Å²) >= 11 is 0. The van der Waals surface area contributed by atoms with E-state index in [2.05, 4.69) is 5.32 Å². The summed E-state index contributed by atoms with van der Waals surface area (Å²) in [5.74, 6) is 0.677. The predicted octanol–water partition coefficient (Wildman–Crippen LogP) is 2.85. The molecule has 1 aliphatic rings. The van der Waals surface area contributed by atoms with E-state index in [4.69, 9.17) is 9.47 Å². The van der Waals surface area contributed by atoms with Gasteiger partial charge in [0.15, 0.2) is 11.5 Å². The Bertz CT molecular complexity index is 979. The Labute approximate surface area is 175 Å². The van der Waals surface area contributed by atoms with Crippen LogP contribution in [-0.4, -0.2) is 40.5 Å². The zero-order valence-electron chi connectivity index (χ0n) is 16.8. The van der Waals surface area contributed by atoms with E-state index in [-0.39, 0.29) is 31.5 Å². The van der Waals surface area contributed by atoms with Gasteiger partial charge in [-0.15, -0.1) is 0 Å². The SMILES string of the molecule is CS(=O)(=O)N(CCCC(=O)NCCCc1ccc(F)cc1)c1ccc2c(c1)OCO2. The molecule has 0 saturated heterocycles. The van der Waals surface area contributed by atoms with Crippen LogP contribution in [0.4, 0.5) is 10.1 Å². The molecule has 0 spiro atoms. The fraction of sp³-hybridized carbons (Fsp3) is 0.381. The number of amides is 1. The van der Waals surface area contributed by atoms with Crippen LogP contribution in [0, 0.1) is 5.82 Å². The third kappa shape index (κ3) is 6.09. The highest BCUT2D eigenvalue weighted by Gasteiger charge is 2.21. The summed E-state index contributed by atoms with van der Waals surface area (Å²) in [5.41, 5.74) is 1.49. The molecule has 30 heavy (non-hydrogen) atoms. The average Bonchev–Trinajstić information content (AvgIpc) is 3.17. The van der Waals surface area contributed by atoms with Gasteiger partial charge in [-0.3, -0.25) is 9.10 Å². The molecule has 7 nitrogen and oxygen atoms in total. The zero-order valence-corrected chi connectivity index (χ0v) is 17.6. The highest BCUT2D eigenvalue weighted by molar-refractivity contribution is 7.92. The summed E-state index contributed by atoms with van der Waals surface area (Å²) in [6.45, 7) is 0.800. The van der Waals surface area contributed by atoms with Gasteiger partial charge in [0.05, 0.1) is 11.9 Å². The summed E-state index contributed by atoms with van der Waals surface area (Å²) in [6, 6.07) is 11.2. The van der Waals surface area contributed by atoms with E-state index >= 15 is 0 Å². The second kappa shape index (κ2) is 9.80. The number of sulfonamides is 1. The van der Waals surface area contributed by atoms with Gasteiger partial charge in [-0.05, 0) is 49.1 Å². The van der Waals surface area contributed by atoms with Gasteiger partial charge in [-0.2, -0.15) is 0 Å². The molecule has 0 aliphatic carbocycles. The van der Waals surface area contributed by atoms with Crippen LogP contribution in [0.5, 0.6) is 11.5 Å². The number of aryl methyl sites for hydroxylation is 1. The molecule has 0 atom stereocenters. The maximum absolute atomic E-state index is 12.9. The second-order valence-electron chi connectivity index (χ2n) is 7.06. The minimum absolute atomic E-state index is 0.110. The number of hydrogen-bond acceptors (Lipinski definition) is 5. The number of anilines is 1. The van der Waals surface area contributed by atoms with Gasteiger partial charge in [0.1, 0.15) is 5.82 Å². The number of hydrogen-bond donors (Lipinski definition) is 1. The molecule has 0 bridgehead atoms. The van der Waals surface area contributed by atoms with Gasteiger partial charge < -0.3 is 14.8 Å². The van der Waals surface area contributed by atoms with Crippen molar-refractivity contribution in [1.29, 1.82) is 0 Å². The first kappa shape index (κ1) is 21.9. The summed E-state index contributed by atoms with van der Waals surface area (Å²) in [7, 11) is -3.51. The van der Waals surface area contributed by atoms with Crippen LogP contribution in [-0.2, 0) is 21.2 Å². The van der Waals surface area contributed by atoms with E-state index in [9.17, 15) is 17.6 Å². The molecule has 0 radical (unpaired) electrons. The highest BCUT2D eigenvalue weighted by Crippen LogP contribution is 2.36. The van der Waals surface area contributed by atoms with Gasteiger partial charge in [0.2, 0.25) is 22.7 Å². The number of carbonyl (C=O) groups excluding carboxylic acids is 1. The summed E-state index contributed by atoms with van der Waals surface area (Å²) in [6.07, 6.45) is 3.21. The Hall–Kier alpha value is -2.81. The average molecular weight is 437 g/mol. The maximum Gasteiger partial charge on any atom is 0.232 e. The highest BCUT2D eigenvalue weighted by atomic mass is 32.2. The first-order valence-corrected chi connectivity index (χ1v) is 11.6. The molecule has 2 aromatic carbocycles. The number of benzene rings is 2. The maximum atomic E-state index is 12.9. The minimum Gasteiger partial charge on any atom is -0.454 e. The Kier molecular flexibility index (Phi) is 7.15. The Balaban J connectivity index is 1.43. The summed E-state index contributed by atoms with van der Waals surface area (Å²) < 4.78 is 49.1. The summed E-state index contributed by atoms with van der Waals surface area (Å²) in [5, 5.41) is 2.83. The molecule has 0 aromatic heterocycles. The molecule has 0 fully saturated rings. The van der Waals surface area contributed by atoms with Crippen molar-refractivity contribution < 1.29 is 27.1 Å². The van der Waals surface area contributed by atoms with Crippen molar-refractivity contribution in [3.05, 3.63) is 53.8 Å². The van der Waals surface area contributed by atoms with Crippen LogP contribution in [0.15, 0.2) is 42.5 Å². The van der Waals surface area contributed by atoms with E-state index in [1.54, 1.807) is 30.3 Å². The van der Waals surface area contributed by atoms with Gasteiger partial charge >= 0.3 is 0 Å². The molecule has 1 N–H and O–H groups in total. The molecule has 3 rings (SSSR count). The lowest BCUT2D eigenvalue weighted by Crippen LogP contribution is -2.32. The molecule has 0 unspecified atom stereocenters. The molecule has 0 saturated carbocycles. The van der Waals surface area contributed by atoms with Gasteiger partial charge in [-0.25, -0.2) is 12.8 Å². The smallest absolute Gasteiger partial charge is 0.232 e. The first-order valence-electron chi connectivity index (χ1n) is 9.71. The number of nitrogens with one attached hydrogen (secondary N) is 1. The topological polar surface area (TPSA) is 84.9 Å². The normalized spacial score (nSPS) is 12.6. The van der Waals surface area contributed by atoms with E-state index in [1.807, 2.05) is 0 Å².